The first kappa shape index (κ1) is 3.89. The van der Waals surface area contributed by atoms with Crippen LogP contribution in [0.3, 0.4) is 0 Å². The van der Waals surface area contributed by atoms with Crippen LogP contribution in [-0.4, -0.2) is 0 Å². The van der Waals surface area contributed by atoms with Crippen LogP contribution >= 0.6 is 7.80 Å². The van der Waals surface area contributed by atoms with Crippen LogP contribution in [0.4, 0.5) is 0 Å². The lowest BCUT2D eigenvalue weighted by molar-refractivity contribution is 0.597. The highest BCUT2D eigenvalue weighted by Crippen LogP contribution is 2.27. The highest BCUT2D eigenvalue weighted by Gasteiger charge is 1.86. The highest BCUT2D eigenvalue weighted by molar-refractivity contribution is 7.52. The first-order chi connectivity index (χ1) is 2.89. The molecule has 1 nitrogen and oxygen atoms in total. The van der Waals surface area contributed by atoms with Crippen molar-refractivity contribution in [1.82, 2.24) is 0 Å². The standard InChI is InChI=1S/C4H5OP/c5-6-3-1-2-4-6/h1-4,6H. The zero-order valence-electron chi connectivity index (χ0n) is 3.22. The Morgan fingerprint density at radius 2 is 1.67 bits per heavy atom. The maximum atomic E-state index is 10.3. The van der Waals surface area contributed by atoms with E-state index in [2.05, 4.69) is 0 Å². The fourth-order valence-electron chi connectivity index (χ4n) is 0.356. The van der Waals surface area contributed by atoms with Crippen molar-refractivity contribution >= 4 is 7.80 Å². The molecule has 0 spiro atoms. The van der Waals surface area contributed by atoms with Gasteiger partial charge in [-0.25, -0.2) is 0 Å². The van der Waals surface area contributed by atoms with Gasteiger partial charge in [0.15, 0.2) is 0 Å². The quantitative estimate of drug-likeness (QED) is 0.422. The number of hydrogen-bond donors (Lipinski definition) is 0. The van der Waals surface area contributed by atoms with E-state index in [0.717, 1.165) is 0 Å². The Kier molecular flexibility index (Phi) is 0.932. The van der Waals surface area contributed by atoms with Gasteiger partial charge in [0.25, 0.3) is 0 Å². The molecule has 2 heteroatoms. The summed E-state index contributed by atoms with van der Waals surface area (Å²) in [4.78, 5) is 0. The van der Waals surface area contributed by atoms with Gasteiger partial charge >= 0.3 is 0 Å². The van der Waals surface area contributed by atoms with Crippen molar-refractivity contribution in [1.29, 1.82) is 0 Å². The molecule has 0 saturated heterocycles. The molecular weight excluding hydrogens is 95.0 g/mol. The second-order valence-corrected chi connectivity index (χ2v) is 2.59. The van der Waals surface area contributed by atoms with Gasteiger partial charge in [-0.15, -0.1) is 0 Å². The Morgan fingerprint density at radius 3 is 1.83 bits per heavy atom. The van der Waals surface area contributed by atoms with E-state index in [4.69, 9.17) is 0 Å². The average Bonchev–Trinajstić information content (AvgIpc) is 1.86. The predicted molar refractivity (Wildman–Crippen MR) is 27.3 cm³/mol. The monoisotopic (exact) mass is 100 g/mol. The fourth-order valence-corrected chi connectivity index (χ4v) is 1.07. The lowest BCUT2D eigenvalue weighted by Gasteiger charge is -1.65. The van der Waals surface area contributed by atoms with Crippen molar-refractivity contribution in [3.63, 3.8) is 0 Å². The Bertz CT molecular complexity index is 110. The molecule has 0 unspecified atom stereocenters. The van der Waals surface area contributed by atoms with Gasteiger partial charge in [0, 0.05) is 0 Å². The molecule has 0 amide bonds. The van der Waals surface area contributed by atoms with Gasteiger partial charge in [-0.05, 0) is 11.6 Å². The van der Waals surface area contributed by atoms with Crippen LogP contribution in [-0.2, 0) is 4.57 Å². The molecule has 1 rings (SSSR count). The van der Waals surface area contributed by atoms with Crippen LogP contribution in [0.1, 0.15) is 0 Å². The summed E-state index contributed by atoms with van der Waals surface area (Å²) in [5.41, 5.74) is 0. The van der Waals surface area contributed by atoms with Crippen molar-refractivity contribution < 1.29 is 4.57 Å². The molecule has 0 aromatic carbocycles. The van der Waals surface area contributed by atoms with Gasteiger partial charge < -0.3 is 4.57 Å². The average molecular weight is 100 g/mol. The predicted octanol–water partition coefficient (Wildman–Crippen LogP) is 1.59. The molecule has 1 heterocycles. The smallest absolute Gasteiger partial charge is 0.118 e. The van der Waals surface area contributed by atoms with Gasteiger partial charge in [0.1, 0.15) is 7.80 Å². The minimum atomic E-state index is -1.37. The summed E-state index contributed by atoms with van der Waals surface area (Å²) in [6.45, 7) is 0. The van der Waals surface area contributed by atoms with Crippen LogP contribution in [0.25, 0.3) is 0 Å². The molecule has 0 aliphatic carbocycles. The topological polar surface area (TPSA) is 17.1 Å². The van der Waals surface area contributed by atoms with Crippen molar-refractivity contribution in [2.45, 2.75) is 0 Å². The lowest BCUT2D eigenvalue weighted by atomic mass is 10.6. The van der Waals surface area contributed by atoms with Crippen molar-refractivity contribution in [2.75, 3.05) is 0 Å². The second-order valence-electron chi connectivity index (χ2n) is 1.12. The molecule has 0 N–H and O–H groups in total. The summed E-state index contributed by atoms with van der Waals surface area (Å²) in [5.74, 6) is 3.43. The first-order valence-corrected chi connectivity index (χ1v) is 3.34. The molecule has 32 valence electrons. The Morgan fingerprint density at radius 1 is 1.17 bits per heavy atom. The van der Waals surface area contributed by atoms with E-state index in [1.54, 1.807) is 23.8 Å². The second kappa shape index (κ2) is 1.44. The van der Waals surface area contributed by atoms with E-state index >= 15 is 0 Å². The molecule has 6 heavy (non-hydrogen) atoms. The Balaban J connectivity index is 2.86. The largest absolute Gasteiger partial charge is 0.318 e. The number of allylic oxidation sites excluding steroid dienone is 2. The lowest BCUT2D eigenvalue weighted by Crippen LogP contribution is -1.25. The zero-order valence-corrected chi connectivity index (χ0v) is 4.22. The van der Waals surface area contributed by atoms with Crippen LogP contribution in [0.15, 0.2) is 23.8 Å². The summed E-state index contributed by atoms with van der Waals surface area (Å²) in [5, 5.41) is 0. The zero-order chi connectivity index (χ0) is 4.41. The molecule has 0 bridgehead atoms. The van der Waals surface area contributed by atoms with Crippen molar-refractivity contribution in [2.24, 2.45) is 0 Å². The third-order valence-electron chi connectivity index (χ3n) is 0.632. The van der Waals surface area contributed by atoms with Crippen LogP contribution in [0, 0.1) is 0 Å². The van der Waals surface area contributed by atoms with Crippen molar-refractivity contribution in [3.05, 3.63) is 23.8 Å². The van der Waals surface area contributed by atoms with Gasteiger partial charge in [-0.1, -0.05) is 12.2 Å². The number of rotatable bonds is 0. The molecule has 0 atom stereocenters. The van der Waals surface area contributed by atoms with Crippen molar-refractivity contribution in [3.8, 4) is 0 Å². The Labute approximate surface area is 37.2 Å². The van der Waals surface area contributed by atoms with Gasteiger partial charge in [-0.2, -0.15) is 0 Å². The molecule has 0 fully saturated rings. The normalized spacial score (nSPS) is 20.0. The maximum Gasteiger partial charge on any atom is 0.118 e. The van der Waals surface area contributed by atoms with E-state index in [1.807, 2.05) is 0 Å². The molecule has 0 saturated carbocycles. The van der Waals surface area contributed by atoms with Gasteiger partial charge in [0.05, 0.1) is 0 Å². The number of hydrogen-bond acceptors (Lipinski definition) is 1. The fraction of sp³-hybridized carbons (Fsp3) is 0. The summed E-state index contributed by atoms with van der Waals surface area (Å²) in [6, 6.07) is 0. The van der Waals surface area contributed by atoms with E-state index < -0.39 is 7.80 Å². The molecule has 1 aliphatic heterocycles. The molecule has 1 aliphatic rings. The maximum absolute atomic E-state index is 10.3. The van der Waals surface area contributed by atoms with E-state index in [1.165, 1.54) is 0 Å². The summed E-state index contributed by atoms with van der Waals surface area (Å²) in [7, 11) is -1.37. The van der Waals surface area contributed by atoms with E-state index in [0.29, 0.717) is 0 Å². The summed E-state index contributed by atoms with van der Waals surface area (Å²) >= 11 is 0. The molecule has 0 radical (unpaired) electrons. The van der Waals surface area contributed by atoms with Gasteiger partial charge in [-0.3, -0.25) is 0 Å². The van der Waals surface area contributed by atoms with Crippen LogP contribution < -0.4 is 0 Å². The van der Waals surface area contributed by atoms with E-state index in [9.17, 15) is 4.57 Å². The van der Waals surface area contributed by atoms with E-state index in [-0.39, 0.29) is 0 Å². The minimum absolute atomic E-state index is 1.37. The van der Waals surface area contributed by atoms with Crippen LogP contribution in [0.5, 0.6) is 0 Å². The highest BCUT2D eigenvalue weighted by atomic mass is 31.1. The third kappa shape index (κ3) is 0.605. The first-order valence-electron chi connectivity index (χ1n) is 1.78. The third-order valence-corrected chi connectivity index (χ3v) is 1.67. The summed E-state index contributed by atoms with van der Waals surface area (Å²) in [6.07, 6.45) is 3.61. The molecule has 0 aromatic heterocycles. The SMILES string of the molecule is O=[PH]1C=CC=C1. The molecular formula is C4H5OP. The van der Waals surface area contributed by atoms with Crippen LogP contribution in [0.2, 0.25) is 0 Å². The minimum Gasteiger partial charge on any atom is -0.318 e. The Hall–Kier alpha value is -0.290. The summed E-state index contributed by atoms with van der Waals surface area (Å²) < 4.78 is 10.3. The molecule has 0 aromatic rings. The van der Waals surface area contributed by atoms with Gasteiger partial charge in [0.2, 0.25) is 0 Å².